The summed E-state index contributed by atoms with van der Waals surface area (Å²) in [4.78, 5) is 44.2. The van der Waals surface area contributed by atoms with Gasteiger partial charge in [0.25, 0.3) is 5.91 Å². The molecule has 7 rings (SSSR count). The Morgan fingerprint density at radius 2 is 1.74 bits per heavy atom. The number of amides is 3. The molecule has 2 heterocycles. The SMILES string of the molecule is CCOc1ccc(N2C(=O)CC(N(CC3CCCO3)C(=O)C34CC5CC(CC(C5)C3)C4)C2=O)cc1. The molecule has 2 unspecified atom stereocenters. The van der Waals surface area contributed by atoms with Crippen molar-refractivity contribution in [1.82, 2.24) is 4.90 Å². The Hall–Kier alpha value is -2.41. The summed E-state index contributed by atoms with van der Waals surface area (Å²) in [6, 6.07) is 6.29. The van der Waals surface area contributed by atoms with Gasteiger partial charge in [0.15, 0.2) is 0 Å². The van der Waals surface area contributed by atoms with Gasteiger partial charge in [0.1, 0.15) is 11.8 Å². The van der Waals surface area contributed by atoms with Crippen LogP contribution in [-0.4, -0.2) is 54.5 Å². The number of hydrogen-bond acceptors (Lipinski definition) is 5. The molecule has 7 heteroatoms. The average Bonchev–Trinajstić information content (AvgIpc) is 3.44. The van der Waals surface area contributed by atoms with Crippen molar-refractivity contribution in [3.05, 3.63) is 24.3 Å². The van der Waals surface area contributed by atoms with Crippen molar-refractivity contribution in [3.8, 4) is 5.75 Å². The van der Waals surface area contributed by atoms with Crippen LogP contribution in [-0.2, 0) is 19.1 Å². The summed E-state index contributed by atoms with van der Waals surface area (Å²) >= 11 is 0. The molecule has 0 radical (unpaired) electrons. The molecular weight excluding hydrogens is 444 g/mol. The minimum Gasteiger partial charge on any atom is -0.494 e. The van der Waals surface area contributed by atoms with E-state index >= 15 is 0 Å². The van der Waals surface area contributed by atoms with E-state index in [4.69, 9.17) is 9.47 Å². The van der Waals surface area contributed by atoms with Crippen LogP contribution < -0.4 is 9.64 Å². The fourth-order valence-electron chi connectivity index (χ4n) is 8.03. The number of ether oxygens (including phenoxy) is 2. The maximum atomic E-state index is 14.4. The Morgan fingerprint density at radius 3 is 2.31 bits per heavy atom. The van der Waals surface area contributed by atoms with Gasteiger partial charge in [0, 0.05) is 13.2 Å². The van der Waals surface area contributed by atoms with Crippen LogP contribution in [0.2, 0.25) is 0 Å². The van der Waals surface area contributed by atoms with E-state index in [0.717, 1.165) is 32.1 Å². The summed E-state index contributed by atoms with van der Waals surface area (Å²) in [6.45, 7) is 3.56. The molecule has 35 heavy (non-hydrogen) atoms. The van der Waals surface area contributed by atoms with E-state index in [0.29, 0.717) is 48.9 Å². The van der Waals surface area contributed by atoms with Gasteiger partial charge < -0.3 is 14.4 Å². The first-order valence-corrected chi connectivity index (χ1v) is 13.5. The minimum absolute atomic E-state index is 0.0386. The maximum absolute atomic E-state index is 14.4. The van der Waals surface area contributed by atoms with E-state index in [1.54, 1.807) is 29.2 Å². The number of nitrogens with zero attached hydrogens (tertiary/aromatic N) is 2. The highest BCUT2D eigenvalue weighted by Gasteiger charge is 2.57. The van der Waals surface area contributed by atoms with Gasteiger partial charge in [-0.3, -0.25) is 14.4 Å². The van der Waals surface area contributed by atoms with Crippen molar-refractivity contribution >= 4 is 23.4 Å². The molecule has 4 saturated carbocycles. The molecule has 4 bridgehead atoms. The predicted octanol–water partition coefficient (Wildman–Crippen LogP) is 3.94. The van der Waals surface area contributed by atoms with Crippen LogP contribution in [0.1, 0.15) is 64.7 Å². The first kappa shape index (κ1) is 23.0. The number of rotatable bonds is 7. The summed E-state index contributed by atoms with van der Waals surface area (Å²) in [6.07, 6.45) is 8.43. The number of carbonyl (C=O) groups is 3. The van der Waals surface area contributed by atoms with Gasteiger partial charge in [0.2, 0.25) is 11.8 Å². The second-order valence-electron chi connectivity index (χ2n) is 11.5. The van der Waals surface area contributed by atoms with Crippen molar-refractivity contribution < 1.29 is 23.9 Å². The average molecular weight is 481 g/mol. The highest BCUT2D eigenvalue weighted by molar-refractivity contribution is 6.23. The Labute approximate surface area is 207 Å². The number of carbonyl (C=O) groups excluding carboxylic acids is 3. The molecule has 3 amide bonds. The van der Waals surface area contributed by atoms with Crippen LogP contribution in [0.5, 0.6) is 5.75 Å². The van der Waals surface area contributed by atoms with Gasteiger partial charge in [-0.2, -0.15) is 0 Å². The lowest BCUT2D eigenvalue weighted by molar-refractivity contribution is -0.163. The summed E-state index contributed by atoms with van der Waals surface area (Å²) in [5.74, 6) is 2.16. The summed E-state index contributed by atoms with van der Waals surface area (Å²) in [5.41, 5.74) is 0.175. The first-order chi connectivity index (χ1) is 17.0. The van der Waals surface area contributed by atoms with E-state index in [1.165, 1.54) is 24.2 Å². The van der Waals surface area contributed by atoms with Crippen molar-refractivity contribution in [2.45, 2.75) is 76.9 Å². The van der Waals surface area contributed by atoms with Crippen LogP contribution >= 0.6 is 0 Å². The van der Waals surface area contributed by atoms with Crippen LogP contribution in [0.4, 0.5) is 5.69 Å². The Bertz CT molecular complexity index is 964. The van der Waals surface area contributed by atoms with Crippen LogP contribution in [0.15, 0.2) is 24.3 Å². The quantitative estimate of drug-likeness (QED) is 0.553. The third-order valence-corrected chi connectivity index (χ3v) is 9.08. The molecule has 4 aliphatic carbocycles. The second kappa shape index (κ2) is 8.91. The van der Waals surface area contributed by atoms with E-state index < -0.39 is 6.04 Å². The van der Waals surface area contributed by atoms with Gasteiger partial charge >= 0.3 is 0 Å². The van der Waals surface area contributed by atoms with E-state index in [1.807, 2.05) is 6.92 Å². The van der Waals surface area contributed by atoms with Crippen LogP contribution in [0.25, 0.3) is 0 Å². The zero-order chi connectivity index (χ0) is 24.2. The number of hydrogen-bond donors (Lipinski definition) is 0. The van der Waals surface area contributed by atoms with Crippen molar-refractivity contribution in [3.63, 3.8) is 0 Å². The lowest BCUT2D eigenvalue weighted by Crippen LogP contribution is -2.58. The van der Waals surface area contributed by atoms with Gasteiger partial charge in [-0.1, -0.05) is 0 Å². The Morgan fingerprint density at radius 1 is 1.09 bits per heavy atom. The molecule has 1 aromatic rings. The zero-order valence-corrected chi connectivity index (χ0v) is 20.6. The molecule has 2 atom stereocenters. The fourth-order valence-corrected chi connectivity index (χ4v) is 8.03. The standard InChI is InChI=1S/C28H36N2O5/c1-2-34-22-7-5-21(6-8-22)30-25(31)13-24(26(30)32)29(17-23-4-3-9-35-23)27(33)28-14-18-10-19(15-28)12-20(11-18)16-28/h5-8,18-20,23-24H,2-4,9-17H2,1H3. The lowest BCUT2D eigenvalue weighted by Gasteiger charge is -2.57. The molecule has 1 aromatic carbocycles. The van der Waals surface area contributed by atoms with Gasteiger partial charge in [-0.25, -0.2) is 4.90 Å². The molecule has 0 N–H and O–H groups in total. The Balaban J connectivity index is 1.28. The molecular formula is C28H36N2O5. The zero-order valence-electron chi connectivity index (χ0n) is 20.6. The molecule has 2 aliphatic heterocycles. The second-order valence-corrected chi connectivity index (χ2v) is 11.5. The third kappa shape index (κ3) is 4.05. The lowest BCUT2D eigenvalue weighted by atomic mass is 9.49. The van der Waals surface area contributed by atoms with Crippen LogP contribution in [0, 0.1) is 23.2 Å². The predicted molar refractivity (Wildman–Crippen MR) is 130 cm³/mol. The fraction of sp³-hybridized carbons (Fsp3) is 0.679. The molecule has 7 nitrogen and oxygen atoms in total. The molecule has 0 spiro atoms. The molecule has 2 saturated heterocycles. The third-order valence-electron chi connectivity index (χ3n) is 9.08. The van der Waals surface area contributed by atoms with Crippen molar-refractivity contribution in [2.24, 2.45) is 23.2 Å². The topological polar surface area (TPSA) is 76.2 Å². The first-order valence-electron chi connectivity index (χ1n) is 13.5. The molecule has 6 fully saturated rings. The van der Waals surface area contributed by atoms with Gasteiger partial charge in [-0.05, 0) is 100 Å². The maximum Gasteiger partial charge on any atom is 0.257 e. The van der Waals surface area contributed by atoms with E-state index in [-0.39, 0.29) is 35.7 Å². The summed E-state index contributed by atoms with van der Waals surface area (Å²) in [5, 5.41) is 0. The summed E-state index contributed by atoms with van der Waals surface area (Å²) in [7, 11) is 0. The highest BCUT2D eigenvalue weighted by atomic mass is 16.5. The van der Waals surface area contributed by atoms with Crippen molar-refractivity contribution in [2.75, 3.05) is 24.7 Å². The molecule has 6 aliphatic rings. The summed E-state index contributed by atoms with van der Waals surface area (Å²) < 4.78 is 11.4. The largest absolute Gasteiger partial charge is 0.494 e. The number of imide groups is 1. The highest BCUT2D eigenvalue weighted by Crippen LogP contribution is 2.60. The van der Waals surface area contributed by atoms with Crippen LogP contribution in [0.3, 0.4) is 0 Å². The molecule has 188 valence electrons. The van der Waals surface area contributed by atoms with Crippen molar-refractivity contribution in [1.29, 1.82) is 0 Å². The number of anilines is 1. The monoisotopic (exact) mass is 480 g/mol. The van der Waals surface area contributed by atoms with E-state index in [2.05, 4.69) is 0 Å². The van der Waals surface area contributed by atoms with Gasteiger partial charge in [-0.15, -0.1) is 0 Å². The minimum atomic E-state index is -0.751. The Kier molecular flexibility index (Phi) is 5.86. The molecule has 0 aromatic heterocycles. The smallest absolute Gasteiger partial charge is 0.257 e. The normalized spacial score (nSPS) is 35.7. The number of benzene rings is 1. The van der Waals surface area contributed by atoms with Gasteiger partial charge in [0.05, 0.1) is 30.2 Å². The van der Waals surface area contributed by atoms with E-state index in [9.17, 15) is 14.4 Å².